The molecule has 0 aromatic heterocycles. The van der Waals surface area contributed by atoms with Crippen LogP contribution in [0.25, 0.3) is 0 Å². The molecule has 1 amide bonds. The molecular weight excluding hydrogens is 285 g/mol. The van der Waals surface area contributed by atoms with Crippen molar-refractivity contribution in [3.63, 3.8) is 0 Å². The molecule has 0 unspecified atom stereocenters. The van der Waals surface area contributed by atoms with Gasteiger partial charge in [-0.25, -0.2) is 18.7 Å². The molecule has 0 saturated heterocycles. The van der Waals surface area contributed by atoms with E-state index in [1.165, 1.54) is 18.2 Å². The van der Waals surface area contributed by atoms with Gasteiger partial charge in [0, 0.05) is 30.5 Å². The molecule has 0 radical (unpaired) electrons. The molecule has 1 rings (SSSR count). The first kappa shape index (κ1) is 16.5. The molecule has 0 bridgehead atoms. The van der Waals surface area contributed by atoms with Gasteiger partial charge in [0.1, 0.15) is 15.7 Å². The topological polar surface area (TPSA) is 92.5 Å². The van der Waals surface area contributed by atoms with Gasteiger partial charge in [0.2, 0.25) is 0 Å². The van der Waals surface area contributed by atoms with E-state index in [9.17, 15) is 17.6 Å². The van der Waals surface area contributed by atoms with Crippen molar-refractivity contribution in [2.24, 2.45) is 5.84 Å². The summed E-state index contributed by atoms with van der Waals surface area (Å²) in [6.07, 6.45) is 1.15. The normalized spacial score (nSPS) is 11.7. The Morgan fingerprint density at radius 2 is 2.10 bits per heavy atom. The summed E-state index contributed by atoms with van der Waals surface area (Å²) in [6, 6.07) is 3.91. The monoisotopic (exact) mass is 303 g/mol. The summed E-state index contributed by atoms with van der Waals surface area (Å²) >= 11 is 0. The van der Waals surface area contributed by atoms with Crippen molar-refractivity contribution in [2.45, 2.75) is 6.54 Å². The van der Waals surface area contributed by atoms with Crippen molar-refractivity contribution in [3.8, 4) is 0 Å². The maximum Gasteiger partial charge on any atom is 0.265 e. The Hall–Kier alpha value is -1.51. The highest BCUT2D eigenvalue weighted by Gasteiger charge is 2.12. The third kappa shape index (κ3) is 5.24. The smallest absolute Gasteiger partial charge is 0.265 e. The molecule has 1 aromatic rings. The lowest BCUT2D eigenvalue weighted by atomic mass is 10.1. The Morgan fingerprint density at radius 1 is 1.45 bits per heavy atom. The summed E-state index contributed by atoms with van der Waals surface area (Å²) in [4.78, 5) is 13.0. The Kier molecular flexibility index (Phi) is 5.61. The van der Waals surface area contributed by atoms with Crippen LogP contribution in [0.4, 0.5) is 4.39 Å². The average Bonchev–Trinajstić information content (AvgIpc) is 2.37. The molecular formula is C12H18FN3O3S. The highest BCUT2D eigenvalue weighted by molar-refractivity contribution is 7.90. The molecule has 0 spiro atoms. The number of nitrogen functional groups attached to an aromatic ring is 1. The van der Waals surface area contributed by atoms with E-state index in [4.69, 9.17) is 5.84 Å². The van der Waals surface area contributed by atoms with E-state index in [0.29, 0.717) is 5.56 Å². The minimum absolute atomic E-state index is 0.00586. The largest absolute Gasteiger partial charge is 0.301 e. The van der Waals surface area contributed by atoms with Crippen LogP contribution < -0.4 is 11.3 Å². The van der Waals surface area contributed by atoms with Gasteiger partial charge < -0.3 is 4.90 Å². The van der Waals surface area contributed by atoms with Crippen LogP contribution in [0.2, 0.25) is 0 Å². The fourth-order valence-electron chi connectivity index (χ4n) is 1.61. The number of sulfone groups is 1. The van der Waals surface area contributed by atoms with Crippen molar-refractivity contribution in [3.05, 3.63) is 35.1 Å². The number of rotatable bonds is 6. The van der Waals surface area contributed by atoms with Crippen molar-refractivity contribution in [2.75, 3.05) is 25.6 Å². The molecule has 8 heteroatoms. The highest BCUT2D eigenvalue weighted by atomic mass is 32.2. The lowest BCUT2D eigenvalue weighted by molar-refractivity contribution is 0.0953. The number of carbonyl (C=O) groups is 1. The number of amides is 1. The number of hydrogen-bond donors (Lipinski definition) is 2. The van der Waals surface area contributed by atoms with E-state index >= 15 is 0 Å². The molecule has 0 aliphatic carbocycles. The van der Waals surface area contributed by atoms with E-state index in [-0.39, 0.29) is 24.4 Å². The van der Waals surface area contributed by atoms with Crippen molar-refractivity contribution in [1.82, 2.24) is 10.3 Å². The number of nitrogens with two attached hydrogens (primary N) is 1. The Morgan fingerprint density at radius 3 is 2.65 bits per heavy atom. The van der Waals surface area contributed by atoms with Gasteiger partial charge >= 0.3 is 0 Å². The second-order valence-corrected chi connectivity index (χ2v) is 6.91. The Bertz CT molecular complexity index is 590. The van der Waals surface area contributed by atoms with Crippen LogP contribution in [0, 0.1) is 5.82 Å². The average molecular weight is 303 g/mol. The van der Waals surface area contributed by atoms with Gasteiger partial charge in [-0.05, 0) is 25.2 Å². The number of nitrogens with zero attached hydrogens (tertiary/aromatic N) is 1. The van der Waals surface area contributed by atoms with Gasteiger partial charge in [-0.1, -0.05) is 0 Å². The standard InChI is InChI=1S/C12H18FN3O3S/c1-16(5-6-20(2,18)19)8-10-7-9(12(17)15-14)3-4-11(10)13/h3-4,7H,5-6,8,14H2,1-2H3,(H,15,17). The SMILES string of the molecule is CN(CCS(C)(=O)=O)Cc1cc(C(=O)NN)ccc1F. The Balaban J connectivity index is 2.78. The molecule has 6 nitrogen and oxygen atoms in total. The van der Waals surface area contributed by atoms with Gasteiger partial charge in [0.15, 0.2) is 0 Å². The molecule has 0 fully saturated rings. The number of hydrazine groups is 1. The number of nitrogens with one attached hydrogen (secondary N) is 1. The molecule has 0 heterocycles. The zero-order valence-corrected chi connectivity index (χ0v) is 12.2. The third-order valence-electron chi connectivity index (χ3n) is 2.72. The van der Waals surface area contributed by atoms with E-state index < -0.39 is 21.6 Å². The van der Waals surface area contributed by atoms with Crippen molar-refractivity contribution >= 4 is 15.7 Å². The maximum atomic E-state index is 13.7. The lowest BCUT2D eigenvalue weighted by Gasteiger charge is -2.17. The summed E-state index contributed by atoms with van der Waals surface area (Å²) in [6.45, 7) is 0.485. The first-order chi connectivity index (χ1) is 9.23. The van der Waals surface area contributed by atoms with Crippen LogP contribution in [0.5, 0.6) is 0 Å². The maximum absolute atomic E-state index is 13.7. The predicted octanol–water partition coefficient (Wildman–Crippen LogP) is -0.0944. The fourth-order valence-corrected chi connectivity index (χ4v) is 2.26. The van der Waals surface area contributed by atoms with Gasteiger partial charge in [-0.2, -0.15) is 0 Å². The van der Waals surface area contributed by atoms with Crippen LogP contribution in [0.3, 0.4) is 0 Å². The minimum Gasteiger partial charge on any atom is -0.301 e. The van der Waals surface area contributed by atoms with Crippen LogP contribution in [-0.4, -0.2) is 44.8 Å². The third-order valence-corrected chi connectivity index (χ3v) is 3.65. The molecule has 3 N–H and O–H groups in total. The predicted molar refractivity (Wildman–Crippen MR) is 74.1 cm³/mol. The van der Waals surface area contributed by atoms with Gasteiger partial charge in [0.25, 0.3) is 5.91 Å². The van der Waals surface area contributed by atoms with Crippen LogP contribution in [0.1, 0.15) is 15.9 Å². The van der Waals surface area contributed by atoms with E-state index in [2.05, 4.69) is 0 Å². The Labute approximate surface area is 117 Å². The summed E-state index contributed by atoms with van der Waals surface area (Å²) in [5.41, 5.74) is 2.53. The van der Waals surface area contributed by atoms with Crippen molar-refractivity contribution in [1.29, 1.82) is 0 Å². The summed E-state index contributed by atoms with van der Waals surface area (Å²) in [7, 11) is -1.38. The molecule has 0 aliphatic rings. The van der Waals surface area contributed by atoms with Crippen molar-refractivity contribution < 1.29 is 17.6 Å². The number of carbonyl (C=O) groups excluding carboxylic acids is 1. The fraction of sp³-hybridized carbons (Fsp3) is 0.417. The molecule has 0 saturated carbocycles. The summed E-state index contributed by atoms with van der Waals surface area (Å²) < 4.78 is 35.8. The van der Waals surface area contributed by atoms with E-state index in [1.807, 2.05) is 5.43 Å². The zero-order valence-electron chi connectivity index (χ0n) is 11.4. The quantitative estimate of drug-likeness (QED) is 0.435. The first-order valence-electron chi connectivity index (χ1n) is 5.88. The van der Waals surface area contributed by atoms with Gasteiger partial charge in [-0.15, -0.1) is 0 Å². The molecule has 20 heavy (non-hydrogen) atoms. The molecule has 112 valence electrons. The first-order valence-corrected chi connectivity index (χ1v) is 7.94. The number of halogens is 1. The lowest BCUT2D eigenvalue weighted by Crippen LogP contribution is -2.30. The van der Waals surface area contributed by atoms with Gasteiger partial charge in [0.05, 0.1) is 5.75 Å². The second kappa shape index (κ2) is 6.78. The van der Waals surface area contributed by atoms with Gasteiger partial charge in [-0.3, -0.25) is 10.2 Å². The van der Waals surface area contributed by atoms with Crippen LogP contribution >= 0.6 is 0 Å². The molecule has 0 aliphatic heterocycles. The van der Waals surface area contributed by atoms with Crippen LogP contribution in [0.15, 0.2) is 18.2 Å². The summed E-state index contributed by atoms with van der Waals surface area (Å²) in [5.74, 6) is 4.05. The number of benzene rings is 1. The second-order valence-electron chi connectivity index (χ2n) is 4.65. The van der Waals surface area contributed by atoms with E-state index in [0.717, 1.165) is 6.26 Å². The number of hydrogen-bond acceptors (Lipinski definition) is 5. The summed E-state index contributed by atoms with van der Waals surface area (Å²) in [5, 5.41) is 0. The minimum atomic E-state index is -3.06. The van der Waals surface area contributed by atoms with E-state index in [1.54, 1.807) is 11.9 Å². The molecule has 0 atom stereocenters. The highest BCUT2D eigenvalue weighted by Crippen LogP contribution is 2.12. The molecule has 1 aromatic carbocycles. The van der Waals surface area contributed by atoms with Crippen LogP contribution in [-0.2, 0) is 16.4 Å². The zero-order chi connectivity index (χ0) is 15.3.